The molecule has 3 saturated heterocycles. The number of nitrogens with one attached hydrogen (secondary N) is 1. The monoisotopic (exact) mass is 168 g/mol. The van der Waals surface area contributed by atoms with Crippen LogP contribution in [-0.4, -0.2) is 36.0 Å². The van der Waals surface area contributed by atoms with Crippen molar-refractivity contribution in [2.75, 3.05) is 13.1 Å². The summed E-state index contributed by atoms with van der Waals surface area (Å²) >= 11 is 0. The van der Waals surface area contributed by atoms with Gasteiger partial charge < -0.3 is 10.2 Å². The zero-order valence-corrected chi connectivity index (χ0v) is 7.55. The Morgan fingerprint density at radius 2 is 2.25 bits per heavy atom. The third kappa shape index (κ3) is 1.33. The van der Waals surface area contributed by atoms with E-state index in [1.165, 1.54) is 12.8 Å². The first kappa shape index (κ1) is 8.05. The van der Waals surface area contributed by atoms with Crippen LogP contribution in [0, 0.1) is 0 Å². The van der Waals surface area contributed by atoms with Crippen molar-refractivity contribution in [1.82, 2.24) is 10.2 Å². The molecule has 0 spiro atoms. The molecule has 2 atom stereocenters. The van der Waals surface area contributed by atoms with E-state index in [1.54, 1.807) is 6.92 Å². The lowest BCUT2D eigenvalue weighted by Crippen LogP contribution is -2.48. The maximum absolute atomic E-state index is 11.2. The molecule has 3 heteroatoms. The third-order valence-corrected chi connectivity index (χ3v) is 3.02. The molecular weight excluding hydrogens is 152 g/mol. The lowest BCUT2D eigenvalue weighted by atomic mass is 9.99. The fourth-order valence-corrected chi connectivity index (χ4v) is 2.33. The summed E-state index contributed by atoms with van der Waals surface area (Å²) in [6.45, 7) is 3.69. The van der Waals surface area contributed by atoms with E-state index < -0.39 is 0 Å². The Kier molecular flexibility index (Phi) is 2.05. The van der Waals surface area contributed by atoms with Gasteiger partial charge in [0, 0.05) is 25.6 Å². The average molecular weight is 168 g/mol. The quantitative estimate of drug-likeness (QED) is 0.566. The topological polar surface area (TPSA) is 32.3 Å². The lowest BCUT2D eigenvalue weighted by Gasteiger charge is -2.35. The van der Waals surface area contributed by atoms with E-state index >= 15 is 0 Å². The first-order valence-electron chi connectivity index (χ1n) is 4.78. The summed E-state index contributed by atoms with van der Waals surface area (Å²) in [5.74, 6) is 0.244. The minimum atomic E-state index is 0.244. The highest BCUT2D eigenvalue weighted by Crippen LogP contribution is 2.22. The van der Waals surface area contributed by atoms with Gasteiger partial charge in [0.05, 0.1) is 0 Å². The van der Waals surface area contributed by atoms with Crippen molar-refractivity contribution in [3.8, 4) is 0 Å². The maximum Gasteiger partial charge on any atom is 0.219 e. The summed E-state index contributed by atoms with van der Waals surface area (Å²) in [7, 11) is 0. The van der Waals surface area contributed by atoms with E-state index in [4.69, 9.17) is 0 Å². The predicted molar refractivity (Wildman–Crippen MR) is 46.8 cm³/mol. The smallest absolute Gasteiger partial charge is 0.219 e. The van der Waals surface area contributed by atoms with Crippen LogP contribution in [0.2, 0.25) is 0 Å². The average Bonchev–Trinajstić information content (AvgIpc) is 2.36. The molecule has 2 unspecified atom stereocenters. The molecule has 3 heterocycles. The van der Waals surface area contributed by atoms with Crippen molar-refractivity contribution in [1.29, 1.82) is 0 Å². The Bertz CT molecular complexity index is 189. The molecule has 0 aromatic carbocycles. The number of fused-ring (bicyclic) bond motifs is 4. The van der Waals surface area contributed by atoms with Gasteiger partial charge in [-0.3, -0.25) is 4.79 Å². The second-order valence-electron chi connectivity index (χ2n) is 3.84. The number of hydrogen-bond donors (Lipinski definition) is 1. The minimum absolute atomic E-state index is 0.244. The molecule has 0 aromatic heterocycles. The molecule has 3 fully saturated rings. The molecule has 68 valence electrons. The molecule has 1 amide bonds. The van der Waals surface area contributed by atoms with Crippen LogP contribution in [0.1, 0.15) is 26.2 Å². The number of carbonyl (C=O) groups is 1. The molecule has 3 aliphatic heterocycles. The number of carbonyl (C=O) groups excluding carboxylic acids is 1. The van der Waals surface area contributed by atoms with E-state index in [9.17, 15) is 4.79 Å². The zero-order valence-electron chi connectivity index (χ0n) is 7.55. The van der Waals surface area contributed by atoms with Gasteiger partial charge in [-0.05, 0) is 25.8 Å². The van der Waals surface area contributed by atoms with Crippen molar-refractivity contribution in [2.45, 2.75) is 38.3 Å². The van der Waals surface area contributed by atoms with Crippen LogP contribution in [0.25, 0.3) is 0 Å². The lowest BCUT2D eigenvalue weighted by molar-refractivity contribution is -0.132. The van der Waals surface area contributed by atoms with Gasteiger partial charge in [0.2, 0.25) is 5.91 Å². The third-order valence-electron chi connectivity index (χ3n) is 3.02. The van der Waals surface area contributed by atoms with E-state index in [0.717, 1.165) is 19.5 Å². The summed E-state index contributed by atoms with van der Waals surface area (Å²) in [5, 5.41) is 3.46. The van der Waals surface area contributed by atoms with Gasteiger partial charge >= 0.3 is 0 Å². The van der Waals surface area contributed by atoms with Crippen molar-refractivity contribution >= 4 is 5.91 Å². The fraction of sp³-hybridized carbons (Fsp3) is 0.889. The van der Waals surface area contributed by atoms with Gasteiger partial charge in [-0.1, -0.05) is 0 Å². The van der Waals surface area contributed by atoms with Crippen molar-refractivity contribution in [2.24, 2.45) is 0 Å². The Morgan fingerprint density at radius 3 is 3.00 bits per heavy atom. The van der Waals surface area contributed by atoms with Gasteiger partial charge in [0.25, 0.3) is 0 Å². The summed E-state index contributed by atoms with van der Waals surface area (Å²) in [6.07, 6.45) is 3.57. The summed E-state index contributed by atoms with van der Waals surface area (Å²) in [4.78, 5) is 13.3. The second-order valence-corrected chi connectivity index (χ2v) is 3.84. The molecule has 1 N–H and O–H groups in total. The van der Waals surface area contributed by atoms with Crippen LogP contribution in [0.4, 0.5) is 0 Å². The first-order chi connectivity index (χ1) is 5.77. The maximum atomic E-state index is 11.2. The number of amides is 1. The van der Waals surface area contributed by atoms with E-state index in [1.807, 2.05) is 4.90 Å². The summed E-state index contributed by atoms with van der Waals surface area (Å²) in [6, 6.07) is 1.08. The number of nitrogens with zero attached hydrogens (tertiary/aromatic N) is 1. The normalized spacial score (nSPS) is 34.9. The zero-order chi connectivity index (χ0) is 8.55. The van der Waals surface area contributed by atoms with E-state index in [0.29, 0.717) is 12.1 Å². The Hall–Kier alpha value is -0.570. The Balaban J connectivity index is 2.11. The van der Waals surface area contributed by atoms with Crippen LogP contribution in [0.5, 0.6) is 0 Å². The molecule has 2 bridgehead atoms. The first-order valence-corrected chi connectivity index (χ1v) is 4.78. The number of hydrogen-bond acceptors (Lipinski definition) is 2. The van der Waals surface area contributed by atoms with Crippen molar-refractivity contribution in [3.05, 3.63) is 0 Å². The Morgan fingerprint density at radius 1 is 1.42 bits per heavy atom. The van der Waals surface area contributed by atoms with Gasteiger partial charge in [0.15, 0.2) is 0 Å². The predicted octanol–water partition coefficient (Wildman–Crippen LogP) is 0.359. The molecule has 0 aromatic rings. The molecule has 12 heavy (non-hydrogen) atoms. The molecule has 3 nitrogen and oxygen atoms in total. The fourth-order valence-electron chi connectivity index (χ4n) is 2.33. The summed E-state index contributed by atoms with van der Waals surface area (Å²) < 4.78 is 0. The Labute approximate surface area is 73.1 Å². The van der Waals surface area contributed by atoms with Gasteiger partial charge in [-0.25, -0.2) is 0 Å². The molecule has 0 aliphatic carbocycles. The minimum Gasteiger partial charge on any atom is -0.338 e. The van der Waals surface area contributed by atoms with E-state index in [-0.39, 0.29) is 5.91 Å². The van der Waals surface area contributed by atoms with Crippen LogP contribution in [0.3, 0.4) is 0 Å². The highest BCUT2D eigenvalue weighted by Gasteiger charge is 2.32. The van der Waals surface area contributed by atoms with Crippen LogP contribution < -0.4 is 5.32 Å². The van der Waals surface area contributed by atoms with Crippen LogP contribution in [-0.2, 0) is 4.79 Å². The number of piperidine rings is 1. The standard InChI is InChI=1S/C9H16N2O/c1-7(12)11-6-8-2-3-9(11)4-5-10-8/h8-10H,2-6H2,1H3. The SMILES string of the molecule is CC(=O)N1CC2CCC1CCN2. The second kappa shape index (κ2) is 3.05. The molecule has 0 saturated carbocycles. The largest absolute Gasteiger partial charge is 0.338 e. The summed E-state index contributed by atoms with van der Waals surface area (Å²) in [5.41, 5.74) is 0. The number of rotatable bonds is 0. The molecule has 3 rings (SSSR count). The van der Waals surface area contributed by atoms with Crippen LogP contribution in [0.15, 0.2) is 0 Å². The molecule has 3 aliphatic rings. The highest BCUT2D eigenvalue weighted by atomic mass is 16.2. The van der Waals surface area contributed by atoms with Crippen molar-refractivity contribution < 1.29 is 4.79 Å². The van der Waals surface area contributed by atoms with E-state index in [2.05, 4.69) is 5.32 Å². The van der Waals surface area contributed by atoms with Crippen LogP contribution >= 0.6 is 0 Å². The van der Waals surface area contributed by atoms with Gasteiger partial charge in [-0.15, -0.1) is 0 Å². The highest BCUT2D eigenvalue weighted by molar-refractivity contribution is 5.73. The van der Waals surface area contributed by atoms with Gasteiger partial charge in [0.1, 0.15) is 0 Å². The molecule has 0 radical (unpaired) electrons. The van der Waals surface area contributed by atoms with Gasteiger partial charge in [-0.2, -0.15) is 0 Å². The van der Waals surface area contributed by atoms with Crippen molar-refractivity contribution in [3.63, 3.8) is 0 Å². The molecular formula is C9H16N2O.